The highest BCUT2D eigenvalue weighted by atomic mass is 16.5. The second-order valence-corrected chi connectivity index (χ2v) is 5.94. The molecule has 1 aliphatic heterocycles. The highest BCUT2D eigenvalue weighted by Crippen LogP contribution is 2.39. The van der Waals surface area contributed by atoms with E-state index in [-0.39, 0.29) is 12.0 Å². The fraction of sp³-hybridized carbons (Fsp3) is 0.222. The summed E-state index contributed by atoms with van der Waals surface area (Å²) in [5.74, 6) is 0.713. The number of benzene rings is 2. The average Bonchev–Trinajstić information content (AvgIpc) is 2.79. The number of carbonyl (C=O) groups is 1. The number of rotatable bonds is 1. The van der Waals surface area contributed by atoms with Crippen molar-refractivity contribution in [3.05, 3.63) is 42.6 Å². The molecule has 2 heterocycles. The first-order chi connectivity index (χ1) is 11.1. The fourth-order valence-electron chi connectivity index (χ4n) is 3.01. The number of fused-ring (bicyclic) bond motifs is 2. The standard InChI is InChI=1S/C18H17N3O2/c1-11-8-17(22)19-16-5-3-4-14(18(16)23-11)12-6-7-15-13(9-12)10-21(2)20-15/h3-7,9-11H,8H2,1-2H3,(H,19,22)/t11-/m1/s1. The molecule has 1 aliphatic rings. The van der Waals surface area contributed by atoms with Gasteiger partial charge in [-0.2, -0.15) is 5.10 Å². The maximum Gasteiger partial charge on any atom is 0.228 e. The van der Waals surface area contributed by atoms with E-state index in [0.29, 0.717) is 6.42 Å². The van der Waals surface area contributed by atoms with E-state index < -0.39 is 0 Å². The minimum Gasteiger partial charge on any atom is -0.487 e. The average molecular weight is 307 g/mol. The van der Waals surface area contributed by atoms with Crippen LogP contribution in [0.4, 0.5) is 5.69 Å². The molecule has 3 aromatic rings. The highest BCUT2D eigenvalue weighted by molar-refractivity contribution is 5.96. The third-order valence-electron chi connectivity index (χ3n) is 4.01. The van der Waals surface area contributed by atoms with Crippen molar-refractivity contribution >= 4 is 22.5 Å². The first-order valence-electron chi connectivity index (χ1n) is 7.63. The molecule has 0 radical (unpaired) electrons. The number of hydrogen-bond donors (Lipinski definition) is 1. The molecule has 0 saturated heterocycles. The van der Waals surface area contributed by atoms with Crippen molar-refractivity contribution in [2.24, 2.45) is 7.05 Å². The molecule has 5 heteroatoms. The van der Waals surface area contributed by atoms with Gasteiger partial charge in [0.05, 0.1) is 17.6 Å². The molecule has 0 bridgehead atoms. The van der Waals surface area contributed by atoms with E-state index in [2.05, 4.69) is 16.5 Å². The van der Waals surface area contributed by atoms with E-state index >= 15 is 0 Å². The Morgan fingerprint density at radius 2 is 2.17 bits per heavy atom. The Morgan fingerprint density at radius 1 is 1.30 bits per heavy atom. The molecule has 116 valence electrons. The predicted octanol–water partition coefficient (Wildman–Crippen LogP) is 3.35. The molecule has 23 heavy (non-hydrogen) atoms. The minimum atomic E-state index is -0.153. The summed E-state index contributed by atoms with van der Waals surface area (Å²) in [7, 11) is 1.91. The van der Waals surface area contributed by atoms with Crippen molar-refractivity contribution in [2.75, 3.05) is 5.32 Å². The van der Waals surface area contributed by atoms with E-state index in [0.717, 1.165) is 33.5 Å². The highest BCUT2D eigenvalue weighted by Gasteiger charge is 2.22. The zero-order chi connectivity index (χ0) is 16.0. The Bertz CT molecular complexity index is 914. The molecule has 0 spiro atoms. The van der Waals surface area contributed by atoms with Crippen molar-refractivity contribution in [1.29, 1.82) is 0 Å². The quantitative estimate of drug-likeness (QED) is 0.750. The van der Waals surface area contributed by atoms with Crippen LogP contribution >= 0.6 is 0 Å². The summed E-state index contributed by atoms with van der Waals surface area (Å²) in [4.78, 5) is 11.9. The number of nitrogens with zero attached hydrogens (tertiary/aromatic N) is 2. The normalized spacial score (nSPS) is 17.3. The van der Waals surface area contributed by atoms with Crippen molar-refractivity contribution in [3.63, 3.8) is 0 Å². The van der Waals surface area contributed by atoms with Crippen LogP contribution in [0, 0.1) is 0 Å². The lowest BCUT2D eigenvalue weighted by molar-refractivity contribution is -0.117. The second-order valence-electron chi connectivity index (χ2n) is 5.94. The third kappa shape index (κ3) is 2.44. The number of aryl methyl sites for hydroxylation is 1. The van der Waals surface area contributed by atoms with Gasteiger partial charge in [-0.15, -0.1) is 0 Å². The molecule has 1 atom stereocenters. The number of aromatic nitrogens is 2. The zero-order valence-electron chi connectivity index (χ0n) is 13.0. The van der Waals surface area contributed by atoms with E-state index in [1.54, 1.807) is 4.68 Å². The molecule has 0 aliphatic carbocycles. The zero-order valence-corrected chi connectivity index (χ0v) is 13.0. The van der Waals surface area contributed by atoms with Crippen LogP contribution in [-0.2, 0) is 11.8 Å². The number of anilines is 1. The van der Waals surface area contributed by atoms with Gasteiger partial charge in [0.2, 0.25) is 5.91 Å². The van der Waals surface area contributed by atoms with Crippen LogP contribution < -0.4 is 10.1 Å². The monoisotopic (exact) mass is 307 g/mol. The Morgan fingerprint density at radius 3 is 3.04 bits per heavy atom. The molecule has 1 amide bonds. The summed E-state index contributed by atoms with van der Waals surface area (Å²) < 4.78 is 7.83. The number of ether oxygens (including phenoxy) is 1. The Hall–Kier alpha value is -2.82. The SMILES string of the molecule is C[C@@H]1CC(=O)Nc2cccc(-c3ccc4nn(C)cc4c3)c2O1. The van der Waals surface area contributed by atoms with E-state index in [1.165, 1.54) is 0 Å². The topological polar surface area (TPSA) is 56.2 Å². The number of carbonyl (C=O) groups excluding carboxylic acids is 1. The molecule has 0 unspecified atom stereocenters. The number of hydrogen-bond acceptors (Lipinski definition) is 3. The molecular weight excluding hydrogens is 290 g/mol. The largest absolute Gasteiger partial charge is 0.487 e. The Balaban J connectivity index is 1.87. The van der Waals surface area contributed by atoms with Gasteiger partial charge in [0, 0.05) is 24.2 Å². The lowest BCUT2D eigenvalue weighted by Crippen LogP contribution is -2.17. The summed E-state index contributed by atoms with van der Waals surface area (Å²) in [6, 6.07) is 12.0. The van der Waals surface area contributed by atoms with Crippen LogP contribution in [-0.4, -0.2) is 21.8 Å². The van der Waals surface area contributed by atoms with Crippen molar-refractivity contribution < 1.29 is 9.53 Å². The number of nitrogens with one attached hydrogen (secondary N) is 1. The fourth-order valence-corrected chi connectivity index (χ4v) is 3.01. The summed E-state index contributed by atoms with van der Waals surface area (Å²) in [5, 5.41) is 8.40. The molecule has 5 nitrogen and oxygen atoms in total. The smallest absolute Gasteiger partial charge is 0.228 e. The first-order valence-corrected chi connectivity index (χ1v) is 7.63. The second kappa shape index (κ2) is 5.12. The summed E-state index contributed by atoms with van der Waals surface area (Å²) in [6.07, 6.45) is 2.20. The minimum absolute atomic E-state index is 0.0175. The molecule has 2 aromatic carbocycles. The van der Waals surface area contributed by atoms with Crippen LogP contribution in [0.25, 0.3) is 22.0 Å². The summed E-state index contributed by atoms with van der Waals surface area (Å²) in [6.45, 7) is 1.91. The van der Waals surface area contributed by atoms with Crippen LogP contribution in [0.2, 0.25) is 0 Å². The Labute approximate surface area is 133 Å². The Kier molecular flexibility index (Phi) is 3.08. The number of para-hydroxylation sites is 1. The maximum atomic E-state index is 11.9. The maximum absolute atomic E-state index is 11.9. The van der Waals surface area contributed by atoms with Gasteiger partial charge in [0.15, 0.2) is 5.75 Å². The number of amides is 1. The first kappa shape index (κ1) is 13.8. The molecule has 4 rings (SSSR count). The van der Waals surface area contributed by atoms with E-state index in [1.807, 2.05) is 50.5 Å². The van der Waals surface area contributed by atoms with Gasteiger partial charge in [-0.1, -0.05) is 18.2 Å². The van der Waals surface area contributed by atoms with Gasteiger partial charge in [-0.3, -0.25) is 9.48 Å². The van der Waals surface area contributed by atoms with Crippen LogP contribution in [0.5, 0.6) is 5.75 Å². The van der Waals surface area contributed by atoms with E-state index in [4.69, 9.17) is 4.74 Å². The molecule has 1 aromatic heterocycles. The third-order valence-corrected chi connectivity index (χ3v) is 4.01. The lowest BCUT2D eigenvalue weighted by atomic mass is 10.0. The van der Waals surface area contributed by atoms with Gasteiger partial charge in [-0.25, -0.2) is 0 Å². The van der Waals surface area contributed by atoms with Gasteiger partial charge in [0.1, 0.15) is 6.10 Å². The molecule has 0 saturated carbocycles. The van der Waals surface area contributed by atoms with Crippen LogP contribution in [0.3, 0.4) is 0 Å². The lowest BCUT2D eigenvalue weighted by Gasteiger charge is -2.16. The molecule has 0 fully saturated rings. The van der Waals surface area contributed by atoms with Crippen molar-refractivity contribution in [1.82, 2.24) is 9.78 Å². The predicted molar refractivity (Wildman–Crippen MR) is 89.5 cm³/mol. The summed E-state index contributed by atoms with van der Waals surface area (Å²) >= 11 is 0. The van der Waals surface area contributed by atoms with Crippen molar-refractivity contribution in [3.8, 4) is 16.9 Å². The molecular formula is C18H17N3O2. The van der Waals surface area contributed by atoms with E-state index in [9.17, 15) is 4.79 Å². The van der Waals surface area contributed by atoms with Gasteiger partial charge < -0.3 is 10.1 Å². The van der Waals surface area contributed by atoms with Gasteiger partial charge in [0.25, 0.3) is 0 Å². The van der Waals surface area contributed by atoms with Gasteiger partial charge in [-0.05, 0) is 30.7 Å². The molecule has 1 N–H and O–H groups in total. The summed E-state index contributed by atoms with van der Waals surface area (Å²) in [5.41, 5.74) is 3.71. The van der Waals surface area contributed by atoms with Crippen molar-refractivity contribution in [2.45, 2.75) is 19.4 Å². The van der Waals surface area contributed by atoms with Crippen LogP contribution in [0.1, 0.15) is 13.3 Å². The van der Waals surface area contributed by atoms with Crippen LogP contribution in [0.15, 0.2) is 42.6 Å². The van der Waals surface area contributed by atoms with Gasteiger partial charge >= 0.3 is 0 Å².